The zero-order chi connectivity index (χ0) is 29.1. The average Bonchev–Trinajstić information content (AvgIpc) is 2.91. The van der Waals surface area contributed by atoms with Crippen molar-refractivity contribution in [3.63, 3.8) is 0 Å². The van der Waals surface area contributed by atoms with E-state index in [9.17, 15) is 28.8 Å². The van der Waals surface area contributed by atoms with Crippen LogP contribution in [0.15, 0.2) is 0 Å². The minimum atomic E-state index is -1.21. The molecule has 0 bridgehead atoms. The van der Waals surface area contributed by atoms with Gasteiger partial charge < -0.3 is 50.6 Å². The molecule has 0 unspecified atom stereocenters. The zero-order valence-corrected chi connectivity index (χ0v) is 23.3. The molecule has 0 aliphatic rings. The van der Waals surface area contributed by atoms with Crippen LogP contribution in [-0.2, 0) is 47.7 Å². The van der Waals surface area contributed by atoms with Gasteiger partial charge in [0.05, 0.1) is 45.0 Å². The third-order valence-corrected chi connectivity index (χ3v) is 4.97. The van der Waals surface area contributed by atoms with Gasteiger partial charge in [0.2, 0.25) is 30.0 Å². The molecule has 0 spiro atoms. The number of nitrogens with one attached hydrogen (secondary N) is 5. The van der Waals surface area contributed by atoms with E-state index in [1.165, 1.54) is 0 Å². The van der Waals surface area contributed by atoms with Gasteiger partial charge in [0.25, 0.3) is 0 Å². The van der Waals surface area contributed by atoms with Crippen LogP contribution < -0.4 is 26.6 Å². The number of aliphatic carboxylic acids is 1. The van der Waals surface area contributed by atoms with E-state index in [1.807, 2.05) is 0 Å². The number of carboxylic acids is 1. The monoisotopic (exact) mass is 627 g/mol. The van der Waals surface area contributed by atoms with Gasteiger partial charge in [0.1, 0.15) is 19.3 Å². The molecule has 1 atom stereocenters. The Morgan fingerprint density at radius 1 is 0.667 bits per heavy atom. The van der Waals surface area contributed by atoms with Crippen molar-refractivity contribution < 1.29 is 52.8 Å². The molecule has 0 aromatic rings. The van der Waals surface area contributed by atoms with Crippen molar-refractivity contribution in [3.05, 3.63) is 0 Å². The SMILES string of the molecule is O=CN[C@@H](CCC(=O)NCCOCCOCC(=O)NCCOCCOCC(=O)NCCNC(=O)CBr)C(=O)O. The van der Waals surface area contributed by atoms with Crippen LogP contribution in [0.4, 0.5) is 0 Å². The second-order valence-electron chi connectivity index (χ2n) is 7.58. The maximum Gasteiger partial charge on any atom is 0.326 e. The summed E-state index contributed by atoms with van der Waals surface area (Å²) in [5.74, 6) is -2.37. The van der Waals surface area contributed by atoms with Crippen molar-refractivity contribution in [1.82, 2.24) is 26.6 Å². The van der Waals surface area contributed by atoms with E-state index >= 15 is 0 Å². The Kier molecular flexibility index (Phi) is 23.6. The molecule has 0 saturated carbocycles. The number of hydrogen-bond acceptors (Lipinski definition) is 10. The highest BCUT2D eigenvalue weighted by Crippen LogP contribution is 1.97. The van der Waals surface area contributed by atoms with Gasteiger partial charge in [-0.25, -0.2) is 4.79 Å². The predicted octanol–water partition coefficient (Wildman–Crippen LogP) is -3.11. The molecule has 0 heterocycles. The Labute approximate surface area is 234 Å². The van der Waals surface area contributed by atoms with E-state index in [2.05, 4.69) is 42.5 Å². The zero-order valence-electron chi connectivity index (χ0n) is 21.7. The minimum absolute atomic E-state index is 0.0276. The molecule has 0 aromatic carbocycles. The van der Waals surface area contributed by atoms with Crippen LogP contribution in [0.3, 0.4) is 0 Å². The number of carbonyl (C=O) groups excluding carboxylic acids is 5. The predicted molar refractivity (Wildman–Crippen MR) is 139 cm³/mol. The average molecular weight is 628 g/mol. The van der Waals surface area contributed by atoms with Crippen LogP contribution in [0.5, 0.6) is 0 Å². The van der Waals surface area contributed by atoms with Crippen LogP contribution in [0.2, 0.25) is 0 Å². The van der Waals surface area contributed by atoms with Gasteiger partial charge in [0.15, 0.2) is 0 Å². The molecular weight excluding hydrogens is 590 g/mol. The van der Waals surface area contributed by atoms with Gasteiger partial charge in [-0.3, -0.25) is 24.0 Å². The molecule has 0 saturated heterocycles. The van der Waals surface area contributed by atoms with Gasteiger partial charge in [0, 0.05) is 32.6 Å². The van der Waals surface area contributed by atoms with E-state index in [0.717, 1.165) is 0 Å². The van der Waals surface area contributed by atoms with E-state index in [1.54, 1.807) is 0 Å². The summed E-state index contributed by atoms with van der Waals surface area (Å²) in [6.07, 6.45) is 0.188. The molecule has 16 nitrogen and oxygen atoms in total. The molecule has 0 radical (unpaired) electrons. The number of hydrogen-bond donors (Lipinski definition) is 6. The molecule has 39 heavy (non-hydrogen) atoms. The summed E-state index contributed by atoms with van der Waals surface area (Å²) >= 11 is 3.02. The lowest BCUT2D eigenvalue weighted by atomic mass is 10.1. The highest BCUT2D eigenvalue weighted by atomic mass is 79.9. The summed E-state index contributed by atoms with van der Waals surface area (Å²) < 4.78 is 20.9. The van der Waals surface area contributed by atoms with Crippen molar-refractivity contribution in [2.45, 2.75) is 18.9 Å². The number of carboxylic acid groups (broad SMARTS) is 1. The summed E-state index contributed by atoms with van der Waals surface area (Å²) in [7, 11) is 0. The topological polar surface area (TPSA) is 220 Å². The summed E-state index contributed by atoms with van der Waals surface area (Å²) in [5, 5.41) is 21.6. The lowest BCUT2D eigenvalue weighted by molar-refractivity contribution is -0.141. The fourth-order valence-electron chi connectivity index (χ4n) is 2.57. The highest BCUT2D eigenvalue weighted by Gasteiger charge is 2.17. The van der Waals surface area contributed by atoms with E-state index in [4.69, 9.17) is 24.1 Å². The fourth-order valence-corrected chi connectivity index (χ4v) is 2.77. The third kappa shape index (κ3) is 24.0. The number of halogens is 1. The molecule has 17 heteroatoms. The first-order chi connectivity index (χ1) is 18.8. The second kappa shape index (κ2) is 25.4. The highest BCUT2D eigenvalue weighted by molar-refractivity contribution is 9.09. The van der Waals surface area contributed by atoms with Crippen LogP contribution in [0.25, 0.3) is 0 Å². The molecule has 5 amide bonds. The molecule has 0 aliphatic carbocycles. The van der Waals surface area contributed by atoms with E-state index in [0.29, 0.717) is 13.1 Å². The smallest absolute Gasteiger partial charge is 0.326 e. The maximum atomic E-state index is 11.7. The van der Waals surface area contributed by atoms with Crippen molar-refractivity contribution >= 4 is 51.9 Å². The Morgan fingerprint density at radius 2 is 1.13 bits per heavy atom. The molecule has 0 rings (SSSR count). The van der Waals surface area contributed by atoms with Crippen LogP contribution in [0.1, 0.15) is 12.8 Å². The molecule has 6 N–H and O–H groups in total. The summed E-state index contributed by atoms with van der Waals surface area (Å²) in [4.78, 5) is 67.1. The first-order valence-corrected chi connectivity index (χ1v) is 13.3. The van der Waals surface area contributed by atoms with Gasteiger partial charge in [-0.1, -0.05) is 15.9 Å². The van der Waals surface area contributed by atoms with Crippen molar-refractivity contribution in [2.24, 2.45) is 0 Å². The van der Waals surface area contributed by atoms with Gasteiger partial charge in [-0.2, -0.15) is 0 Å². The van der Waals surface area contributed by atoms with Crippen LogP contribution in [0, 0.1) is 0 Å². The van der Waals surface area contributed by atoms with E-state index < -0.39 is 12.0 Å². The van der Waals surface area contributed by atoms with Gasteiger partial charge >= 0.3 is 5.97 Å². The standard InChI is InChI=1S/C22H38BrN5O11/c23-13-19(31)24-3-4-25-20(32)14-38-11-10-37-8-6-27-21(33)15-39-12-9-36-7-5-26-18(30)2-1-17(22(34)35)28-16-29/h16-17H,1-15H2,(H,24,31)(H,25,32)(H,26,30)(H,27,33)(H,28,29)(H,34,35)/t17-/m0/s1. The molecule has 224 valence electrons. The quantitative estimate of drug-likeness (QED) is 0.0320. The first kappa shape index (κ1) is 36.1. The van der Waals surface area contributed by atoms with Crippen molar-refractivity contribution in [1.29, 1.82) is 0 Å². The molecular formula is C22H38BrN5O11. The first-order valence-electron chi connectivity index (χ1n) is 12.2. The largest absolute Gasteiger partial charge is 0.480 e. The summed E-state index contributed by atoms with van der Waals surface area (Å²) in [6, 6.07) is -1.12. The lowest BCUT2D eigenvalue weighted by Gasteiger charge is -2.11. The van der Waals surface area contributed by atoms with Crippen molar-refractivity contribution in [3.8, 4) is 0 Å². The lowest BCUT2D eigenvalue weighted by Crippen LogP contribution is -2.37. The molecule has 0 aliphatic heterocycles. The summed E-state index contributed by atoms with van der Waals surface area (Å²) in [5.41, 5.74) is 0. The minimum Gasteiger partial charge on any atom is -0.480 e. The Hall–Kier alpha value is -2.86. The van der Waals surface area contributed by atoms with Crippen LogP contribution in [-0.4, -0.2) is 132 Å². The molecule has 0 aromatic heterocycles. The number of alkyl halides is 1. The normalized spacial score (nSPS) is 11.2. The van der Waals surface area contributed by atoms with Crippen molar-refractivity contribution in [2.75, 3.05) is 84.4 Å². The number of ether oxygens (including phenoxy) is 4. The van der Waals surface area contributed by atoms with Gasteiger partial charge in [-0.05, 0) is 6.42 Å². The number of carbonyl (C=O) groups is 6. The van der Waals surface area contributed by atoms with Gasteiger partial charge in [-0.15, -0.1) is 0 Å². The third-order valence-electron chi connectivity index (χ3n) is 4.47. The van der Waals surface area contributed by atoms with Crippen LogP contribution >= 0.6 is 15.9 Å². The Balaban J connectivity index is 3.47. The fraction of sp³-hybridized carbons (Fsp3) is 0.727. The number of amides is 5. The Bertz CT molecular complexity index is 745. The summed E-state index contributed by atoms with van der Waals surface area (Å²) in [6.45, 7) is 2.15. The number of rotatable bonds is 26. The molecule has 0 fully saturated rings. The second-order valence-corrected chi connectivity index (χ2v) is 8.14. The maximum absolute atomic E-state index is 11.7. The van der Waals surface area contributed by atoms with E-state index in [-0.39, 0.29) is 114 Å². The Morgan fingerprint density at radius 3 is 1.62 bits per heavy atom.